The number of rotatable bonds is 8. The minimum atomic E-state index is -0.635. The van der Waals surface area contributed by atoms with Crippen LogP contribution in [0.3, 0.4) is 0 Å². The number of benzene rings is 2. The van der Waals surface area contributed by atoms with Crippen molar-refractivity contribution in [3.8, 4) is 28.1 Å². The SMILES string of the molecule is [C-]#[N+]c1ccc(-c2nc(N3CCC(CC)CC3)n(C3CC3)c(=O)c2-c2ccc(OCCO)cc2)cc1F. The molecular weight excluding hydrogens is 471 g/mol. The van der Waals surface area contributed by atoms with Gasteiger partial charge in [0.25, 0.3) is 5.56 Å². The van der Waals surface area contributed by atoms with E-state index < -0.39 is 5.82 Å². The normalized spacial score (nSPS) is 16.0. The molecule has 0 atom stereocenters. The van der Waals surface area contributed by atoms with E-state index in [4.69, 9.17) is 21.4 Å². The van der Waals surface area contributed by atoms with Gasteiger partial charge in [-0.1, -0.05) is 37.6 Å². The molecule has 2 aromatic carbocycles. The summed E-state index contributed by atoms with van der Waals surface area (Å²) in [7, 11) is 0. The van der Waals surface area contributed by atoms with E-state index in [0.717, 1.165) is 45.2 Å². The zero-order chi connectivity index (χ0) is 25.9. The molecule has 2 heterocycles. The summed E-state index contributed by atoms with van der Waals surface area (Å²) in [5.74, 6) is 1.28. The number of ether oxygens (including phenoxy) is 1. The van der Waals surface area contributed by atoms with Crippen LogP contribution in [0.2, 0.25) is 0 Å². The number of aromatic nitrogens is 2. The molecule has 1 saturated heterocycles. The van der Waals surface area contributed by atoms with Crippen LogP contribution in [0.5, 0.6) is 5.75 Å². The van der Waals surface area contributed by atoms with Gasteiger partial charge in [-0.05, 0) is 55.4 Å². The monoisotopic (exact) mass is 502 g/mol. The van der Waals surface area contributed by atoms with Crippen molar-refractivity contribution in [2.24, 2.45) is 5.92 Å². The Hall–Kier alpha value is -3.70. The van der Waals surface area contributed by atoms with Crippen LogP contribution in [-0.4, -0.2) is 41.0 Å². The van der Waals surface area contributed by atoms with E-state index in [1.807, 2.05) is 4.57 Å². The van der Waals surface area contributed by atoms with Crippen molar-refractivity contribution in [3.63, 3.8) is 0 Å². The quantitative estimate of drug-likeness (QED) is 0.406. The first-order valence-corrected chi connectivity index (χ1v) is 13.0. The van der Waals surface area contributed by atoms with Crippen molar-refractivity contribution in [1.82, 2.24) is 9.55 Å². The molecule has 192 valence electrons. The van der Waals surface area contributed by atoms with E-state index in [9.17, 15) is 9.18 Å². The molecule has 0 unspecified atom stereocenters. The van der Waals surface area contributed by atoms with Gasteiger partial charge in [-0.2, -0.15) is 0 Å². The third-order valence-electron chi connectivity index (χ3n) is 7.33. The number of halogens is 1. The van der Waals surface area contributed by atoms with Gasteiger partial charge in [0, 0.05) is 24.7 Å². The molecule has 37 heavy (non-hydrogen) atoms. The van der Waals surface area contributed by atoms with Crippen molar-refractivity contribution in [3.05, 3.63) is 70.1 Å². The zero-order valence-corrected chi connectivity index (χ0v) is 21.0. The first kappa shape index (κ1) is 25.0. The summed E-state index contributed by atoms with van der Waals surface area (Å²) in [5.41, 5.74) is 1.73. The van der Waals surface area contributed by atoms with Gasteiger partial charge >= 0.3 is 0 Å². The molecule has 0 bridgehead atoms. The van der Waals surface area contributed by atoms with Crippen molar-refractivity contribution in [1.29, 1.82) is 0 Å². The Balaban J connectivity index is 1.68. The topological polar surface area (TPSA) is 72.0 Å². The minimum absolute atomic E-state index is 0.0659. The van der Waals surface area contributed by atoms with E-state index in [1.165, 1.54) is 12.1 Å². The van der Waals surface area contributed by atoms with Crippen LogP contribution in [-0.2, 0) is 0 Å². The number of nitrogens with zero attached hydrogens (tertiary/aromatic N) is 4. The molecule has 2 fully saturated rings. The lowest BCUT2D eigenvalue weighted by Crippen LogP contribution is -2.39. The summed E-state index contributed by atoms with van der Waals surface area (Å²) in [6.45, 7) is 11.2. The molecule has 0 radical (unpaired) electrons. The molecule has 1 saturated carbocycles. The van der Waals surface area contributed by atoms with Gasteiger partial charge in [0.05, 0.1) is 24.4 Å². The van der Waals surface area contributed by atoms with Crippen LogP contribution in [0.1, 0.15) is 45.1 Å². The van der Waals surface area contributed by atoms with Crippen LogP contribution in [0, 0.1) is 18.3 Å². The average Bonchev–Trinajstić information content (AvgIpc) is 3.77. The first-order valence-electron chi connectivity index (χ1n) is 13.0. The van der Waals surface area contributed by atoms with Crippen LogP contribution in [0.4, 0.5) is 16.0 Å². The molecular formula is C29H31FN4O3. The smallest absolute Gasteiger partial charge is 0.263 e. The fraction of sp³-hybridized carbons (Fsp3) is 0.414. The Morgan fingerprint density at radius 2 is 1.81 bits per heavy atom. The third-order valence-corrected chi connectivity index (χ3v) is 7.33. The second kappa shape index (κ2) is 10.7. The zero-order valence-electron chi connectivity index (χ0n) is 21.0. The lowest BCUT2D eigenvalue weighted by Gasteiger charge is -2.34. The largest absolute Gasteiger partial charge is 0.491 e. The average molecular weight is 503 g/mol. The summed E-state index contributed by atoms with van der Waals surface area (Å²) < 4.78 is 22.1. The van der Waals surface area contributed by atoms with Gasteiger partial charge in [-0.3, -0.25) is 9.36 Å². The molecule has 0 amide bonds. The lowest BCUT2D eigenvalue weighted by atomic mass is 9.94. The fourth-order valence-corrected chi connectivity index (χ4v) is 5.04. The maximum absolute atomic E-state index is 14.7. The molecule has 8 heteroatoms. The Morgan fingerprint density at radius 1 is 1.11 bits per heavy atom. The first-order chi connectivity index (χ1) is 18.0. The fourth-order valence-electron chi connectivity index (χ4n) is 5.04. The molecule has 7 nitrogen and oxygen atoms in total. The second-order valence-electron chi connectivity index (χ2n) is 9.75. The lowest BCUT2D eigenvalue weighted by molar-refractivity contribution is 0.201. The van der Waals surface area contributed by atoms with Gasteiger partial charge in [0.15, 0.2) is 0 Å². The predicted octanol–water partition coefficient (Wildman–Crippen LogP) is 5.60. The molecule has 0 spiro atoms. The van der Waals surface area contributed by atoms with Crippen molar-refractivity contribution < 1.29 is 14.2 Å². The van der Waals surface area contributed by atoms with Gasteiger partial charge in [-0.15, -0.1) is 0 Å². The number of hydrogen-bond acceptors (Lipinski definition) is 5. The Kier molecular flexibility index (Phi) is 7.24. The molecule has 5 rings (SSSR count). The Bertz CT molecular complexity index is 1370. The highest BCUT2D eigenvalue weighted by Gasteiger charge is 2.33. The third kappa shape index (κ3) is 5.09. The van der Waals surface area contributed by atoms with Gasteiger partial charge in [0.1, 0.15) is 18.2 Å². The highest BCUT2D eigenvalue weighted by atomic mass is 19.1. The summed E-state index contributed by atoms with van der Waals surface area (Å²) in [4.78, 5) is 24.7. The Morgan fingerprint density at radius 3 is 2.41 bits per heavy atom. The maximum atomic E-state index is 14.7. The molecule has 1 N–H and O–H groups in total. The predicted molar refractivity (Wildman–Crippen MR) is 142 cm³/mol. The number of aliphatic hydroxyl groups is 1. The van der Waals surface area contributed by atoms with E-state index in [0.29, 0.717) is 40.0 Å². The van der Waals surface area contributed by atoms with Crippen LogP contribution in [0.15, 0.2) is 47.3 Å². The van der Waals surface area contributed by atoms with E-state index in [-0.39, 0.29) is 30.5 Å². The maximum Gasteiger partial charge on any atom is 0.263 e. The summed E-state index contributed by atoms with van der Waals surface area (Å²) in [6.07, 6.45) is 5.11. The molecule has 1 aliphatic heterocycles. The van der Waals surface area contributed by atoms with Crippen molar-refractivity contribution in [2.75, 3.05) is 31.2 Å². The standard InChI is InChI=1S/C29H31FN4O3/c1-3-19-12-14-33(15-13-19)29-32-27(21-6-11-25(31-2)24(30)18-21)26(28(36)34(29)22-7-8-22)20-4-9-23(10-5-20)37-17-16-35/h4-6,9-11,18-19,22,35H,3,7-8,12-17H2,1H3. The number of piperidine rings is 1. The summed E-state index contributed by atoms with van der Waals surface area (Å²) >= 11 is 0. The molecule has 3 aromatic rings. The highest BCUT2D eigenvalue weighted by molar-refractivity contribution is 5.82. The van der Waals surface area contributed by atoms with Crippen molar-refractivity contribution in [2.45, 2.75) is 45.1 Å². The van der Waals surface area contributed by atoms with Gasteiger partial charge in [-0.25, -0.2) is 14.2 Å². The van der Waals surface area contributed by atoms with Crippen LogP contribution < -0.4 is 15.2 Å². The minimum Gasteiger partial charge on any atom is -0.491 e. The molecule has 1 aliphatic carbocycles. The Labute approximate surface area is 216 Å². The number of hydrogen-bond donors (Lipinski definition) is 1. The molecule has 2 aliphatic rings. The number of aliphatic hydroxyl groups excluding tert-OH is 1. The van der Waals surface area contributed by atoms with Crippen LogP contribution >= 0.6 is 0 Å². The second-order valence-corrected chi connectivity index (χ2v) is 9.75. The highest BCUT2D eigenvalue weighted by Crippen LogP contribution is 2.40. The van der Waals surface area contributed by atoms with Crippen LogP contribution in [0.25, 0.3) is 27.2 Å². The summed E-state index contributed by atoms with van der Waals surface area (Å²) in [5, 5.41) is 9.04. The van der Waals surface area contributed by atoms with Gasteiger partial charge in [0.2, 0.25) is 11.6 Å². The summed E-state index contributed by atoms with van der Waals surface area (Å²) in [6, 6.07) is 11.6. The van der Waals surface area contributed by atoms with E-state index in [2.05, 4.69) is 16.7 Å². The number of anilines is 1. The van der Waals surface area contributed by atoms with E-state index in [1.54, 1.807) is 30.3 Å². The van der Waals surface area contributed by atoms with Gasteiger partial charge < -0.3 is 14.7 Å². The molecule has 1 aromatic heterocycles. The van der Waals surface area contributed by atoms with Crippen molar-refractivity contribution >= 4 is 11.6 Å². The van der Waals surface area contributed by atoms with E-state index >= 15 is 0 Å².